The van der Waals surface area contributed by atoms with Crippen LogP contribution in [0.25, 0.3) is 0 Å². The van der Waals surface area contributed by atoms with Gasteiger partial charge in [-0.3, -0.25) is 0 Å². The highest BCUT2D eigenvalue weighted by Gasteiger charge is 2.67. The molecular weight excluding hydrogens is 372 g/mol. The minimum absolute atomic E-state index is 0.0626. The fourth-order valence-electron chi connectivity index (χ4n) is 5.67. The molecule has 134 valence electrons. The van der Waals surface area contributed by atoms with Crippen molar-refractivity contribution in [2.75, 3.05) is 26.2 Å². The van der Waals surface area contributed by atoms with Gasteiger partial charge in [0.05, 0.1) is 11.8 Å². The molecule has 5 atom stereocenters. The van der Waals surface area contributed by atoms with E-state index in [1.54, 1.807) is 0 Å². The summed E-state index contributed by atoms with van der Waals surface area (Å²) in [6.07, 6.45) is 1.30. The molecule has 3 fully saturated rings. The monoisotopic (exact) mass is 398 g/mol. The Morgan fingerprint density at radius 3 is 2.50 bits per heavy atom. The van der Waals surface area contributed by atoms with Crippen LogP contribution >= 0.6 is 15.9 Å². The Morgan fingerprint density at radius 2 is 1.96 bits per heavy atom. The predicted octanol–water partition coefficient (Wildman–Crippen LogP) is 1.86. The summed E-state index contributed by atoms with van der Waals surface area (Å²) in [4.78, 5) is 14.6. The normalized spacial score (nSPS) is 44.4. The van der Waals surface area contributed by atoms with Crippen LogP contribution in [0.5, 0.6) is 0 Å². The van der Waals surface area contributed by atoms with E-state index in [0.717, 1.165) is 44.7 Å². The maximum absolute atomic E-state index is 12.3. The molecule has 2 aliphatic heterocycles. The van der Waals surface area contributed by atoms with Crippen molar-refractivity contribution >= 4 is 21.9 Å². The van der Waals surface area contributed by atoms with Gasteiger partial charge in [0, 0.05) is 32.1 Å². The van der Waals surface area contributed by atoms with E-state index in [1.807, 2.05) is 0 Å². The SMILES string of the molecule is CC1(C)C2CC(O)C1(C)CC2[C@@H]1OC(=O)C(Br)=C1N1CCNCC1. The summed E-state index contributed by atoms with van der Waals surface area (Å²) in [6.45, 7) is 10.4. The van der Waals surface area contributed by atoms with Gasteiger partial charge in [-0.1, -0.05) is 20.8 Å². The molecule has 4 unspecified atom stereocenters. The Bertz CT molecular complexity index is 599. The zero-order valence-electron chi connectivity index (χ0n) is 14.6. The van der Waals surface area contributed by atoms with Crippen LogP contribution in [0.4, 0.5) is 0 Å². The van der Waals surface area contributed by atoms with Crippen LogP contribution in [0.1, 0.15) is 33.6 Å². The molecule has 0 aromatic heterocycles. The summed E-state index contributed by atoms with van der Waals surface area (Å²) < 4.78 is 6.44. The van der Waals surface area contributed by atoms with Crippen molar-refractivity contribution in [1.29, 1.82) is 0 Å². The lowest BCUT2D eigenvalue weighted by Crippen LogP contribution is -2.46. The number of piperazine rings is 1. The van der Waals surface area contributed by atoms with E-state index in [-0.39, 0.29) is 34.9 Å². The Labute approximate surface area is 151 Å². The predicted molar refractivity (Wildman–Crippen MR) is 94.4 cm³/mol. The second kappa shape index (κ2) is 5.45. The quantitative estimate of drug-likeness (QED) is 0.695. The largest absolute Gasteiger partial charge is 0.452 e. The molecule has 0 spiro atoms. The maximum atomic E-state index is 12.3. The first-order valence-corrected chi connectivity index (χ1v) is 9.81. The number of nitrogens with zero attached hydrogens (tertiary/aromatic N) is 1. The molecule has 6 heteroatoms. The number of carbonyl (C=O) groups is 1. The fraction of sp³-hybridized carbons (Fsp3) is 0.833. The third-order valence-electron chi connectivity index (χ3n) is 7.54. The molecule has 4 rings (SSSR count). The molecule has 1 saturated heterocycles. The topological polar surface area (TPSA) is 61.8 Å². The number of nitrogens with one attached hydrogen (secondary N) is 1. The standard InChI is InChI=1S/C18H27BrN2O3/c1-17(2)11-8-12(22)18(17,3)9-10(11)15-14(13(19)16(23)24-15)21-6-4-20-5-7-21/h10-12,15,20,22H,4-9H2,1-3H3/t10?,11?,12?,15-,18?/m0/s1. The van der Waals surface area contributed by atoms with Crippen LogP contribution in [0, 0.1) is 22.7 Å². The van der Waals surface area contributed by atoms with Gasteiger partial charge in [-0.25, -0.2) is 4.79 Å². The Hall–Kier alpha value is -0.590. The van der Waals surface area contributed by atoms with E-state index in [4.69, 9.17) is 4.74 Å². The minimum Gasteiger partial charge on any atom is -0.452 e. The third-order valence-corrected chi connectivity index (χ3v) is 8.27. The Balaban J connectivity index is 1.66. The molecule has 2 saturated carbocycles. The lowest BCUT2D eigenvalue weighted by molar-refractivity contribution is -0.142. The summed E-state index contributed by atoms with van der Waals surface area (Å²) in [5.41, 5.74) is 0.999. The van der Waals surface area contributed by atoms with Crippen molar-refractivity contribution in [3.63, 3.8) is 0 Å². The highest BCUT2D eigenvalue weighted by Crippen LogP contribution is 2.69. The number of fused-ring (bicyclic) bond motifs is 2. The first kappa shape index (κ1) is 16.9. The molecule has 2 heterocycles. The molecule has 0 radical (unpaired) electrons. The van der Waals surface area contributed by atoms with Gasteiger partial charge in [-0.2, -0.15) is 0 Å². The Kier molecular flexibility index (Phi) is 3.83. The smallest absolute Gasteiger partial charge is 0.347 e. The molecule has 5 nitrogen and oxygen atoms in total. The highest BCUT2D eigenvalue weighted by molar-refractivity contribution is 9.12. The number of aliphatic hydroxyl groups is 1. The number of hydrogen-bond donors (Lipinski definition) is 2. The van der Waals surface area contributed by atoms with E-state index in [9.17, 15) is 9.90 Å². The average molecular weight is 399 g/mol. The van der Waals surface area contributed by atoms with E-state index in [1.165, 1.54) is 0 Å². The fourth-order valence-corrected chi connectivity index (χ4v) is 6.24. The molecule has 2 aliphatic carbocycles. The van der Waals surface area contributed by atoms with E-state index < -0.39 is 0 Å². The summed E-state index contributed by atoms with van der Waals surface area (Å²) in [5, 5.41) is 13.9. The first-order chi connectivity index (χ1) is 11.3. The zero-order chi connectivity index (χ0) is 17.3. The lowest BCUT2D eigenvalue weighted by Gasteiger charge is -2.38. The molecule has 0 aromatic carbocycles. The summed E-state index contributed by atoms with van der Waals surface area (Å²) in [6, 6.07) is 0. The first-order valence-electron chi connectivity index (χ1n) is 9.02. The van der Waals surface area contributed by atoms with Gasteiger partial charge >= 0.3 is 5.97 Å². The van der Waals surface area contributed by atoms with Crippen LogP contribution in [-0.4, -0.2) is 54.4 Å². The van der Waals surface area contributed by atoms with Crippen LogP contribution in [0.2, 0.25) is 0 Å². The van der Waals surface area contributed by atoms with Crippen LogP contribution < -0.4 is 5.32 Å². The lowest BCUT2D eigenvalue weighted by atomic mass is 9.70. The number of hydrogen-bond acceptors (Lipinski definition) is 5. The molecule has 0 aromatic rings. The summed E-state index contributed by atoms with van der Waals surface area (Å²) >= 11 is 3.49. The van der Waals surface area contributed by atoms with Crippen molar-refractivity contribution in [2.24, 2.45) is 22.7 Å². The second-order valence-electron chi connectivity index (χ2n) is 8.63. The number of esters is 1. The van der Waals surface area contributed by atoms with E-state index >= 15 is 0 Å². The summed E-state index contributed by atoms with van der Waals surface area (Å²) in [7, 11) is 0. The van der Waals surface area contributed by atoms with E-state index in [2.05, 4.69) is 46.9 Å². The van der Waals surface area contributed by atoms with Gasteiger partial charge in [0.1, 0.15) is 10.6 Å². The third kappa shape index (κ3) is 2.08. The van der Waals surface area contributed by atoms with Gasteiger partial charge in [0.15, 0.2) is 0 Å². The van der Waals surface area contributed by atoms with Gasteiger partial charge in [0.25, 0.3) is 0 Å². The average Bonchev–Trinajstić information content (AvgIpc) is 3.01. The number of aliphatic hydroxyl groups excluding tert-OH is 1. The number of rotatable bonds is 2. The van der Waals surface area contributed by atoms with Crippen molar-refractivity contribution in [1.82, 2.24) is 10.2 Å². The number of carbonyl (C=O) groups excluding carboxylic acids is 1. The highest BCUT2D eigenvalue weighted by atomic mass is 79.9. The van der Waals surface area contributed by atoms with E-state index in [0.29, 0.717) is 10.4 Å². The molecule has 2 bridgehead atoms. The van der Waals surface area contributed by atoms with Crippen molar-refractivity contribution in [3.8, 4) is 0 Å². The van der Waals surface area contributed by atoms with Gasteiger partial charge in [-0.15, -0.1) is 0 Å². The molecule has 24 heavy (non-hydrogen) atoms. The number of halogens is 1. The van der Waals surface area contributed by atoms with Crippen molar-refractivity contribution < 1.29 is 14.6 Å². The van der Waals surface area contributed by atoms with Crippen molar-refractivity contribution in [3.05, 3.63) is 10.2 Å². The van der Waals surface area contributed by atoms with Crippen LogP contribution in [0.15, 0.2) is 10.2 Å². The molecule has 4 aliphatic rings. The van der Waals surface area contributed by atoms with Crippen LogP contribution in [0.3, 0.4) is 0 Å². The zero-order valence-corrected chi connectivity index (χ0v) is 16.2. The number of ether oxygens (including phenoxy) is 1. The van der Waals surface area contributed by atoms with Gasteiger partial charge in [0.2, 0.25) is 0 Å². The van der Waals surface area contributed by atoms with Gasteiger partial charge < -0.3 is 20.1 Å². The second-order valence-corrected chi connectivity index (χ2v) is 9.42. The minimum atomic E-state index is -0.249. The Morgan fingerprint density at radius 1 is 1.29 bits per heavy atom. The maximum Gasteiger partial charge on any atom is 0.347 e. The van der Waals surface area contributed by atoms with Gasteiger partial charge in [-0.05, 0) is 45.5 Å². The molecular formula is C18H27BrN2O3. The van der Waals surface area contributed by atoms with Crippen LogP contribution in [-0.2, 0) is 9.53 Å². The molecule has 0 amide bonds. The molecule has 2 N–H and O–H groups in total. The number of cyclic esters (lactones) is 1. The summed E-state index contributed by atoms with van der Waals surface area (Å²) in [5.74, 6) is 0.434. The van der Waals surface area contributed by atoms with Crippen molar-refractivity contribution in [2.45, 2.75) is 45.8 Å².